The molecule has 0 saturated carbocycles. The third-order valence-electron chi connectivity index (χ3n) is 7.74. The molecule has 186 valence electrons. The van der Waals surface area contributed by atoms with Crippen molar-refractivity contribution in [2.45, 2.75) is 0 Å². The Morgan fingerprint density at radius 2 is 0.975 bits per heavy atom. The van der Waals surface area contributed by atoms with Gasteiger partial charge in [0, 0.05) is 27.1 Å². The van der Waals surface area contributed by atoms with Crippen molar-refractivity contribution in [1.82, 2.24) is 0 Å². The number of hydrogen-bond donors (Lipinski definition) is 0. The molecule has 0 aliphatic carbocycles. The third-order valence-corrected chi connectivity index (χ3v) is 7.74. The van der Waals surface area contributed by atoms with Crippen molar-refractivity contribution in [1.29, 1.82) is 5.26 Å². The molecule has 0 unspecified atom stereocenters. The summed E-state index contributed by atoms with van der Waals surface area (Å²) in [5.74, 6) is 0. The fraction of sp³-hybridized carbons (Fsp3) is 0. The van der Waals surface area contributed by atoms with E-state index in [2.05, 4.69) is 60.7 Å². The van der Waals surface area contributed by atoms with Crippen molar-refractivity contribution in [2.75, 3.05) is 0 Å². The monoisotopic (exact) mass is 511 g/mol. The fourth-order valence-electron chi connectivity index (χ4n) is 5.92. The molecule has 40 heavy (non-hydrogen) atoms. The van der Waals surface area contributed by atoms with Crippen molar-refractivity contribution >= 4 is 43.9 Å². The van der Waals surface area contributed by atoms with Crippen LogP contribution in [0.25, 0.3) is 77.3 Å². The van der Waals surface area contributed by atoms with E-state index in [0.29, 0.717) is 5.56 Å². The van der Waals surface area contributed by atoms with Gasteiger partial charge in [0.2, 0.25) is 0 Å². The van der Waals surface area contributed by atoms with E-state index in [-0.39, 0.29) is 0 Å². The molecule has 3 heteroatoms. The molecular weight excluding hydrogens is 490 g/mol. The lowest BCUT2D eigenvalue weighted by atomic mass is 9.84. The average Bonchev–Trinajstić information content (AvgIpc) is 3.58. The summed E-state index contributed by atoms with van der Waals surface area (Å²) in [6.07, 6.45) is 0. The Kier molecular flexibility index (Phi) is 4.89. The molecule has 0 spiro atoms. The zero-order chi connectivity index (χ0) is 26.6. The van der Waals surface area contributed by atoms with Gasteiger partial charge in [-0.3, -0.25) is 0 Å². The summed E-state index contributed by atoms with van der Waals surface area (Å²) in [6, 6.07) is 45.6. The molecule has 6 aromatic carbocycles. The minimum absolute atomic E-state index is 0.629. The van der Waals surface area contributed by atoms with Gasteiger partial charge in [-0.2, -0.15) is 5.26 Å². The highest BCUT2D eigenvalue weighted by Gasteiger charge is 2.20. The smallest absolute Gasteiger partial charge is 0.135 e. The lowest BCUT2D eigenvalue weighted by Crippen LogP contribution is -1.94. The number of benzene rings is 6. The fourth-order valence-corrected chi connectivity index (χ4v) is 5.92. The molecule has 0 saturated heterocycles. The van der Waals surface area contributed by atoms with E-state index in [1.165, 1.54) is 0 Å². The van der Waals surface area contributed by atoms with Crippen LogP contribution in [-0.2, 0) is 0 Å². The zero-order valence-electron chi connectivity index (χ0n) is 21.4. The van der Waals surface area contributed by atoms with Crippen LogP contribution >= 0.6 is 0 Å². The first kappa shape index (κ1) is 22.4. The van der Waals surface area contributed by atoms with Gasteiger partial charge < -0.3 is 8.83 Å². The molecule has 8 rings (SSSR count). The second-order valence-corrected chi connectivity index (χ2v) is 10.0. The van der Waals surface area contributed by atoms with Crippen LogP contribution in [0.4, 0.5) is 0 Å². The highest BCUT2D eigenvalue weighted by Crippen LogP contribution is 2.44. The van der Waals surface area contributed by atoms with Gasteiger partial charge in [-0.25, -0.2) is 0 Å². The summed E-state index contributed by atoms with van der Waals surface area (Å²) in [7, 11) is 0. The standard InChI is InChI=1S/C37H21NO2/c38-22-26-14-17-27(24-15-18-34-30(20-24)28-10-4-6-12-32(28)39-34)37(23-8-2-1-3-9-23)36(26)25-16-19-35-31(21-25)29-11-5-7-13-33(29)40-35/h1-21H. The minimum atomic E-state index is 0.629. The Balaban J connectivity index is 1.44. The molecule has 0 radical (unpaired) electrons. The molecule has 2 heterocycles. The molecule has 0 atom stereocenters. The van der Waals surface area contributed by atoms with Crippen LogP contribution in [0.2, 0.25) is 0 Å². The maximum atomic E-state index is 10.3. The van der Waals surface area contributed by atoms with Gasteiger partial charge in [0.15, 0.2) is 0 Å². The van der Waals surface area contributed by atoms with Gasteiger partial charge in [0.05, 0.1) is 11.6 Å². The molecule has 8 aromatic rings. The largest absolute Gasteiger partial charge is 0.456 e. The summed E-state index contributed by atoms with van der Waals surface area (Å²) >= 11 is 0. The van der Waals surface area contributed by atoms with Crippen molar-refractivity contribution in [3.8, 4) is 39.4 Å². The van der Waals surface area contributed by atoms with Crippen molar-refractivity contribution in [2.24, 2.45) is 0 Å². The number of fused-ring (bicyclic) bond motifs is 6. The molecule has 0 N–H and O–H groups in total. The van der Waals surface area contributed by atoms with E-state index in [4.69, 9.17) is 8.83 Å². The molecule has 0 amide bonds. The third kappa shape index (κ3) is 3.37. The summed E-state index contributed by atoms with van der Waals surface area (Å²) in [6.45, 7) is 0. The highest BCUT2D eigenvalue weighted by atomic mass is 16.3. The second kappa shape index (κ2) is 8.73. The maximum Gasteiger partial charge on any atom is 0.135 e. The lowest BCUT2D eigenvalue weighted by molar-refractivity contribution is 0.668. The Morgan fingerprint density at radius 3 is 1.62 bits per heavy atom. The summed E-state index contributed by atoms with van der Waals surface area (Å²) in [5.41, 5.74) is 10.1. The van der Waals surface area contributed by atoms with E-state index < -0.39 is 0 Å². The van der Waals surface area contributed by atoms with E-state index in [1.54, 1.807) is 0 Å². The number of nitriles is 1. The Morgan fingerprint density at radius 1 is 0.425 bits per heavy atom. The van der Waals surface area contributed by atoms with Crippen molar-refractivity contribution < 1.29 is 8.83 Å². The number of furan rings is 2. The maximum absolute atomic E-state index is 10.3. The number of para-hydroxylation sites is 2. The first-order valence-corrected chi connectivity index (χ1v) is 13.2. The number of nitrogens with zero attached hydrogens (tertiary/aromatic N) is 1. The normalized spacial score (nSPS) is 11.5. The van der Waals surface area contributed by atoms with Gasteiger partial charge in [-0.1, -0.05) is 84.9 Å². The SMILES string of the molecule is N#Cc1ccc(-c2ccc3oc4ccccc4c3c2)c(-c2ccccc2)c1-c1ccc2oc3ccccc3c2c1. The van der Waals surface area contributed by atoms with E-state index in [9.17, 15) is 5.26 Å². The van der Waals surface area contributed by atoms with Crippen LogP contribution in [0.15, 0.2) is 136 Å². The molecule has 0 aliphatic rings. The van der Waals surface area contributed by atoms with Gasteiger partial charge in [-0.15, -0.1) is 0 Å². The molecule has 3 nitrogen and oxygen atoms in total. The molecule has 0 bridgehead atoms. The van der Waals surface area contributed by atoms with Gasteiger partial charge in [0.1, 0.15) is 22.3 Å². The Bertz CT molecular complexity index is 2280. The minimum Gasteiger partial charge on any atom is -0.456 e. The van der Waals surface area contributed by atoms with Gasteiger partial charge >= 0.3 is 0 Å². The molecule has 2 aromatic heterocycles. The number of hydrogen-bond acceptors (Lipinski definition) is 3. The molecular formula is C37H21NO2. The molecule has 0 fully saturated rings. The zero-order valence-corrected chi connectivity index (χ0v) is 21.4. The van der Waals surface area contributed by atoms with Crippen LogP contribution in [-0.4, -0.2) is 0 Å². The van der Waals surface area contributed by atoms with Gasteiger partial charge in [0.25, 0.3) is 0 Å². The summed E-state index contributed by atoms with van der Waals surface area (Å²) in [4.78, 5) is 0. The number of rotatable bonds is 3. The van der Waals surface area contributed by atoms with E-state index in [0.717, 1.165) is 77.3 Å². The van der Waals surface area contributed by atoms with Crippen LogP contribution in [0.1, 0.15) is 5.56 Å². The lowest BCUT2D eigenvalue weighted by Gasteiger charge is -2.18. The predicted molar refractivity (Wildman–Crippen MR) is 162 cm³/mol. The Labute approximate surface area is 230 Å². The van der Waals surface area contributed by atoms with Gasteiger partial charge in [-0.05, 0) is 70.3 Å². The average molecular weight is 512 g/mol. The topological polar surface area (TPSA) is 50.1 Å². The first-order valence-electron chi connectivity index (χ1n) is 13.2. The first-order chi connectivity index (χ1) is 19.8. The van der Waals surface area contributed by atoms with Crippen LogP contribution in [0.3, 0.4) is 0 Å². The van der Waals surface area contributed by atoms with Crippen LogP contribution in [0.5, 0.6) is 0 Å². The second-order valence-electron chi connectivity index (χ2n) is 10.0. The predicted octanol–water partition coefficient (Wildman–Crippen LogP) is 10.4. The van der Waals surface area contributed by atoms with Crippen molar-refractivity contribution in [3.63, 3.8) is 0 Å². The Hall–Kier alpha value is -5.59. The molecule has 0 aliphatic heterocycles. The van der Waals surface area contributed by atoms with Crippen LogP contribution in [0, 0.1) is 11.3 Å². The van der Waals surface area contributed by atoms with E-state index >= 15 is 0 Å². The van der Waals surface area contributed by atoms with E-state index in [1.807, 2.05) is 72.8 Å². The summed E-state index contributed by atoms with van der Waals surface area (Å²) < 4.78 is 12.2. The summed E-state index contributed by atoms with van der Waals surface area (Å²) in [5, 5.41) is 14.6. The highest BCUT2D eigenvalue weighted by molar-refractivity contribution is 6.09. The van der Waals surface area contributed by atoms with Crippen LogP contribution < -0.4 is 0 Å². The van der Waals surface area contributed by atoms with Crippen molar-refractivity contribution in [3.05, 3.63) is 133 Å². The quantitative estimate of drug-likeness (QED) is 0.237.